The van der Waals surface area contributed by atoms with Crippen molar-refractivity contribution >= 4 is 16.7 Å². The van der Waals surface area contributed by atoms with Crippen LogP contribution in [-0.2, 0) is 27.9 Å². The minimum atomic E-state index is -1.23. The second-order valence-corrected chi connectivity index (χ2v) is 8.03. The molecule has 2 rings (SSSR count). The maximum absolute atomic E-state index is 12.6. The van der Waals surface area contributed by atoms with Crippen molar-refractivity contribution in [3.8, 4) is 0 Å². The zero-order chi connectivity index (χ0) is 17.7. The Kier molecular flexibility index (Phi) is 6.32. The number of hydrogen-bond acceptors (Lipinski definition) is 2. The van der Waals surface area contributed by atoms with Crippen molar-refractivity contribution in [2.45, 2.75) is 38.3 Å². The van der Waals surface area contributed by atoms with Crippen molar-refractivity contribution in [3.05, 3.63) is 70.8 Å². The lowest BCUT2D eigenvalue weighted by molar-refractivity contribution is -0.129. The van der Waals surface area contributed by atoms with Gasteiger partial charge in [-0.3, -0.25) is 9.00 Å². The lowest BCUT2D eigenvalue weighted by Gasteiger charge is -2.21. The third-order valence-electron chi connectivity index (χ3n) is 4.18. The summed E-state index contributed by atoms with van der Waals surface area (Å²) in [5, 5.41) is -0.515. The first-order valence-electron chi connectivity index (χ1n) is 8.10. The summed E-state index contributed by atoms with van der Waals surface area (Å²) >= 11 is 0. The summed E-state index contributed by atoms with van der Waals surface area (Å²) in [6.45, 7) is 6.32. The fourth-order valence-corrected chi connectivity index (χ4v) is 3.86. The SMILES string of the molecule is Cc1ccc(C)c(CS(=O)C(C)C(=O)N(C)Cc2ccccc2)c1. The molecule has 4 heteroatoms. The van der Waals surface area contributed by atoms with E-state index in [1.165, 1.54) is 0 Å². The van der Waals surface area contributed by atoms with E-state index in [0.29, 0.717) is 12.3 Å². The van der Waals surface area contributed by atoms with E-state index in [9.17, 15) is 9.00 Å². The molecule has 0 heterocycles. The maximum Gasteiger partial charge on any atom is 0.238 e. The summed E-state index contributed by atoms with van der Waals surface area (Å²) in [6, 6.07) is 16.0. The van der Waals surface area contributed by atoms with Crippen molar-refractivity contribution in [1.82, 2.24) is 4.90 Å². The van der Waals surface area contributed by atoms with Gasteiger partial charge in [0.25, 0.3) is 0 Å². The van der Waals surface area contributed by atoms with Gasteiger partial charge in [0.1, 0.15) is 5.25 Å². The van der Waals surface area contributed by atoms with Gasteiger partial charge in [-0.15, -0.1) is 0 Å². The molecule has 0 saturated heterocycles. The van der Waals surface area contributed by atoms with E-state index in [2.05, 4.69) is 6.07 Å². The molecule has 0 N–H and O–H groups in total. The number of carbonyl (C=O) groups excluding carboxylic acids is 1. The van der Waals surface area contributed by atoms with Gasteiger partial charge in [0.15, 0.2) is 0 Å². The van der Waals surface area contributed by atoms with Crippen LogP contribution in [0.1, 0.15) is 29.2 Å². The molecule has 0 spiro atoms. The van der Waals surface area contributed by atoms with Gasteiger partial charge in [-0.1, -0.05) is 54.1 Å². The average Bonchev–Trinajstić information content (AvgIpc) is 2.57. The largest absolute Gasteiger partial charge is 0.340 e. The molecule has 0 fully saturated rings. The zero-order valence-electron chi connectivity index (χ0n) is 14.8. The first kappa shape index (κ1) is 18.4. The van der Waals surface area contributed by atoms with Gasteiger partial charge >= 0.3 is 0 Å². The topological polar surface area (TPSA) is 37.4 Å². The molecule has 0 aliphatic heterocycles. The predicted octanol–water partition coefficient (Wildman–Crippen LogP) is 3.60. The first-order chi connectivity index (χ1) is 11.4. The molecule has 128 valence electrons. The summed E-state index contributed by atoms with van der Waals surface area (Å²) in [5.41, 5.74) is 4.39. The number of aryl methyl sites for hydroxylation is 2. The molecule has 0 saturated carbocycles. The normalized spacial score (nSPS) is 13.3. The van der Waals surface area contributed by atoms with Gasteiger partial charge < -0.3 is 4.90 Å². The average molecular weight is 343 g/mol. The Morgan fingerprint density at radius 1 is 1.12 bits per heavy atom. The van der Waals surface area contributed by atoms with E-state index in [0.717, 1.165) is 22.3 Å². The molecule has 0 aliphatic rings. The van der Waals surface area contributed by atoms with Gasteiger partial charge in [-0.2, -0.15) is 0 Å². The minimum Gasteiger partial charge on any atom is -0.340 e. The van der Waals surface area contributed by atoms with Crippen molar-refractivity contribution in [2.75, 3.05) is 7.05 Å². The highest BCUT2D eigenvalue weighted by atomic mass is 32.2. The Bertz CT molecular complexity index is 728. The van der Waals surface area contributed by atoms with Crippen LogP contribution in [0, 0.1) is 13.8 Å². The van der Waals surface area contributed by atoms with Gasteiger partial charge in [-0.05, 0) is 37.5 Å². The molecule has 2 atom stereocenters. The van der Waals surface area contributed by atoms with Crippen molar-refractivity contribution in [1.29, 1.82) is 0 Å². The molecule has 2 unspecified atom stereocenters. The van der Waals surface area contributed by atoms with E-state index < -0.39 is 16.0 Å². The van der Waals surface area contributed by atoms with Crippen LogP contribution in [0.4, 0.5) is 0 Å². The van der Waals surface area contributed by atoms with Crippen molar-refractivity contribution < 1.29 is 9.00 Å². The van der Waals surface area contributed by atoms with Crippen LogP contribution >= 0.6 is 0 Å². The predicted molar refractivity (Wildman–Crippen MR) is 100 cm³/mol. The minimum absolute atomic E-state index is 0.0810. The fourth-order valence-electron chi connectivity index (χ4n) is 2.59. The third kappa shape index (κ3) is 4.78. The number of carbonyl (C=O) groups is 1. The monoisotopic (exact) mass is 343 g/mol. The lowest BCUT2D eigenvalue weighted by atomic mass is 10.1. The number of hydrogen-bond donors (Lipinski definition) is 0. The summed E-state index contributed by atoms with van der Waals surface area (Å²) in [4.78, 5) is 14.2. The van der Waals surface area contributed by atoms with E-state index in [4.69, 9.17) is 0 Å². The molecular weight excluding hydrogens is 318 g/mol. The highest BCUT2D eigenvalue weighted by Gasteiger charge is 2.24. The van der Waals surface area contributed by atoms with Crippen LogP contribution in [0.3, 0.4) is 0 Å². The summed E-state index contributed by atoms with van der Waals surface area (Å²) in [5.74, 6) is 0.335. The Hall–Kier alpha value is -1.94. The van der Waals surface area contributed by atoms with E-state index in [1.807, 2.05) is 56.3 Å². The number of rotatable bonds is 6. The second-order valence-electron chi connectivity index (χ2n) is 6.28. The van der Waals surface area contributed by atoms with Crippen LogP contribution < -0.4 is 0 Å². The molecule has 2 aromatic carbocycles. The lowest BCUT2D eigenvalue weighted by Crippen LogP contribution is -2.37. The van der Waals surface area contributed by atoms with Gasteiger partial charge in [0, 0.05) is 30.1 Å². The van der Waals surface area contributed by atoms with Gasteiger partial charge in [0.05, 0.1) is 0 Å². The molecule has 24 heavy (non-hydrogen) atoms. The van der Waals surface area contributed by atoms with E-state index in [1.54, 1.807) is 18.9 Å². The van der Waals surface area contributed by atoms with Crippen molar-refractivity contribution in [3.63, 3.8) is 0 Å². The Labute approximate surface area is 147 Å². The standard InChI is InChI=1S/C20H25NO2S/c1-15-10-11-16(2)19(12-15)14-24(23)17(3)20(22)21(4)13-18-8-6-5-7-9-18/h5-12,17H,13-14H2,1-4H3. The second kappa shape index (κ2) is 8.25. The number of nitrogens with zero attached hydrogens (tertiary/aromatic N) is 1. The van der Waals surface area contributed by atoms with Crippen molar-refractivity contribution in [2.24, 2.45) is 0 Å². The van der Waals surface area contributed by atoms with Crippen LogP contribution in [0.2, 0.25) is 0 Å². The summed E-state index contributed by atoms with van der Waals surface area (Å²) < 4.78 is 12.6. The van der Waals surface area contributed by atoms with Crippen LogP contribution in [0.15, 0.2) is 48.5 Å². The molecular formula is C20H25NO2S. The highest BCUT2D eigenvalue weighted by molar-refractivity contribution is 7.85. The summed E-state index contributed by atoms with van der Waals surface area (Å²) in [6.07, 6.45) is 0. The zero-order valence-corrected chi connectivity index (χ0v) is 15.6. The van der Waals surface area contributed by atoms with Gasteiger partial charge in [0.2, 0.25) is 5.91 Å². The van der Waals surface area contributed by atoms with Gasteiger partial charge in [-0.25, -0.2) is 0 Å². The molecule has 1 amide bonds. The number of amides is 1. The molecule has 2 aromatic rings. The van der Waals surface area contributed by atoms with Crippen LogP contribution in [0.25, 0.3) is 0 Å². The highest BCUT2D eigenvalue weighted by Crippen LogP contribution is 2.16. The smallest absolute Gasteiger partial charge is 0.238 e. The van der Waals surface area contributed by atoms with E-state index in [-0.39, 0.29) is 5.91 Å². The molecule has 0 aromatic heterocycles. The van der Waals surface area contributed by atoms with E-state index >= 15 is 0 Å². The fraction of sp³-hybridized carbons (Fsp3) is 0.350. The maximum atomic E-state index is 12.6. The first-order valence-corrected chi connectivity index (χ1v) is 9.49. The quantitative estimate of drug-likeness (QED) is 0.804. The Morgan fingerprint density at radius 2 is 1.79 bits per heavy atom. The van der Waals surface area contributed by atoms with Crippen LogP contribution in [-0.4, -0.2) is 27.3 Å². The molecule has 3 nitrogen and oxygen atoms in total. The van der Waals surface area contributed by atoms with Crippen LogP contribution in [0.5, 0.6) is 0 Å². The Balaban J connectivity index is 2.01. The molecule has 0 aliphatic carbocycles. The number of benzene rings is 2. The third-order valence-corrected chi connectivity index (χ3v) is 5.77. The molecule has 0 radical (unpaired) electrons. The Morgan fingerprint density at radius 3 is 2.46 bits per heavy atom. The summed E-state index contributed by atoms with van der Waals surface area (Å²) in [7, 11) is 0.531. The molecule has 0 bridgehead atoms.